The van der Waals surface area contributed by atoms with Crippen molar-refractivity contribution in [1.29, 1.82) is 0 Å². The van der Waals surface area contributed by atoms with Gasteiger partial charge in [0.05, 0.1) is 0 Å². The molecule has 1 aromatic carbocycles. The largest absolute Gasteiger partial charge is 0.398 e. The molecule has 3 aliphatic carbocycles. The second-order valence-electron chi connectivity index (χ2n) is 10.9. The fourth-order valence-electron chi connectivity index (χ4n) is 7.29. The minimum atomic E-state index is -0.124. The number of nitrogens with zero attached hydrogens (tertiary/aromatic N) is 2. The van der Waals surface area contributed by atoms with Crippen LogP contribution in [0, 0.1) is 11.8 Å². The first-order chi connectivity index (χ1) is 18.5. The van der Waals surface area contributed by atoms with Gasteiger partial charge >= 0.3 is 0 Å². The van der Waals surface area contributed by atoms with E-state index in [0.29, 0.717) is 30.0 Å². The third-order valence-corrected chi connectivity index (χ3v) is 9.50. The molecule has 0 radical (unpaired) electrons. The maximum Gasteiger partial charge on any atom is 0.272 e. The number of nitrogens with one attached hydrogen (secondary N) is 2. The third kappa shape index (κ3) is 4.29. The van der Waals surface area contributed by atoms with Crippen LogP contribution in [-0.4, -0.2) is 21.1 Å². The number of fused-ring (bicyclic) bond motifs is 7. The second kappa shape index (κ2) is 10.3. The van der Waals surface area contributed by atoms with Crippen LogP contribution >= 0.6 is 12.3 Å². The van der Waals surface area contributed by atoms with Crippen molar-refractivity contribution < 1.29 is 18.3 Å². The van der Waals surface area contributed by atoms with E-state index in [1.807, 2.05) is 12.1 Å². The standard InChI is InChI=1S/C28H33N5O4S/c1-3-17-11-21-18(12-24(17)35-38-37-36-29)6-7-20-19(21)8-9-28(2)23(20)13-22-25(32-33-26(22)28)27(34)31-15-16-5-4-10-30-14-16/h4-5,10-12,14,19-20,23H,3,6-9,13,15,29H2,1-2H3,(H,31,34)(H,32,33)/t19?,20?,23?,28-/m0/s1. The molecular weight excluding hydrogens is 502 g/mol. The van der Waals surface area contributed by atoms with E-state index in [0.717, 1.165) is 79.0 Å². The molecule has 4 atom stereocenters. The highest BCUT2D eigenvalue weighted by Gasteiger charge is 2.55. The third-order valence-electron chi connectivity index (χ3n) is 9.12. The van der Waals surface area contributed by atoms with E-state index in [4.69, 9.17) is 10.1 Å². The molecule has 0 bridgehead atoms. The quantitative estimate of drug-likeness (QED) is 0.165. The highest BCUT2D eigenvalue weighted by atomic mass is 32.2. The Hall–Kier alpha value is -2.92. The first kappa shape index (κ1) is 25.4. The fraction of sp³-hybridized carbons (Fsp3) is 0.464. The van der Waals surface area contributed by atoms with Gasteiger partial charge in [-0.2, -0.15) is 11.0 Å². The van der Waals surface area contributed by atoms with Gasteiger partial charge in [-0.3, -0.25) is 14.9 Å². The number of aromatic amines is 1. The summed E-state index contributed by atoms with van der Waals surface area (Å²) in [5.41, 5.74) is 7.75. The molecule has 0 spiro atoms. The van der Waals surface area contributed by atoms with Crippen LogP contribution in [0.4, 0.5) is 0 Å². The van der Waals surface area contributed by atoms with Gasteiger partial charge in [-0.1, -0.05) is 26.0 Å². The smallest absolute Gasteiger partial charge is 0.272 e. The first-order valence-corrected chi connectivity index (χ1v) is 14.0. The minimum absolute atomic E-state index is 0.00965. The highest BCUT2D eigenvalue weighted by Crippen LogP contribution is 2.60. The van der Waals surface area contributed by atoms with Crippen molar-refractivity contribution >= 4 is 18.2 Å². The van der Waals surface area contributed by atoms with Crippen LogP contribution in [0.25, 0.3) is 0 Å². The molecule has 3 unspecified atom stereocenters. The predicted molar refractivity (Wildman–Crippen MR) is 143 cm³/mol. The number of aryl methyl sites for hydroxylation is 2. The molecule has 2 heterocycles. The lowest BCUT2D eigenvalue weighted by Crippen LogP contribution is -2.43. The Balaban J connectivity index is 1.23. The molecular formula is C28H33N5O4S. The topological polar surface area (TPSA) is 124 Å². The van der Waals surface area contributed by atoms with E-state index >= 15 is 0 Å². The van der Waals surface area contributed by atoms with Gasteiger partial charge in [0.1, 0.15) is 5.75 Å². The van der Waals surface area contributed by atoms with E-state index in [2.05, 4.69) is 55.8 Å². The van der Waals surface area contributed by atoms with Crippen LogP contribution in [0.2, 0.25) is 0 Å². The summed E-state index contributed by atoms with van der Waals surface area (Å²) in [5.74, 6) is 7.17. The zero-order valence-corrected chi connectivity index (χ0v) is 22.5. The molecule has 1 fully saturated rings. The Kier molecular flexibility index (Phi) is 6.90. The van der Waals surface area contributed by atoms with Crippen molar-refractivity contribution in [2.45, 2.75) is 70.3 Å². The predicted octanol–water partition coefficient (Wildman–Crippen LogP) is 4.63. The summed E-state index contributed by atoms with van der Waals surface area (Å²) in [7, 11) is 0. The van der Waals surface area contributed by atoms with Gasteiger partial charge in [-0.15, -0.1) is 9.32 Å². The van der Waals surface area contributed by atoms with E-state index in [9.17, 15) is 4.79 Å². The number of amides is 1. The van der Waals surface area contributed by atoms with Crippen molar-refractivity contribution in [1.82, 2.24) is 20.5 Å². The molecule has 3 aliphatic rings. The lowest BCUT2D eigenvalue weighted by atomic mass is 9.55. The Labute approximate surface area is 226 Å². The number of benzene rings is 1. The fourth-order valence-corrected chi connectivity index (χ4v) is 7.57. The zero-order valence-electron chi connectivity index (χ0n) is 21.7. The number of hydrogen-bond acceptors (Lipinski definition) is 8. The van der Waals surface area contributed by atoms with Crippen LogP contribution in [0.5, 0.6) is 5.75 Å². The van der Waals surface area contributed by atoms with Crippen LogP contribution in [0.1, 0.15) is 83.0 Å². The summed E-state index contributed by atoms with van der Waals surface area (Å²) >= 11 is 0.729. The molecule has 4 N–H and O–H groups in total. The number of nitrogens with two attached hydrogens (primary N) is 1. The Morgan fingerprint density at radius 2 is 2.24 bits per heavy atom. The Morgan fingerprint density at radius 1 is 1.34 bits per heavy atom. The van der Waals surface area contributed by atoms with E-state index < -0.39 is 0 Å². The maximum atomic E-state index is 13.1. The SMILES string of the molecule is CCc1cc2c(cc1OSOON)CCC1C2CC[C@]2(C)c3[nH]nc(C(=O)NCc4cccnc4)c3CC12. The summed E-state index contributed by atoms with van der Waals surface area (Å²) in [6.07, 6.45) is 9.57. The number of pyridine rings is 1. The lowest BCUT2D eigenvalue weighted by molar-refractivity contribution is -0.199. The average molecular weight is 536 g/mol. The summed E-state index contributed by atoms with van der Waals surface area (Å²) in [4.78, 5) is 21.4. The summed E-state index contributed by atoms with van der Waals surface area (Å²) in [6, 6.07) is 8.33. The minimum Gasteiger partial charge on any atom is -0.398 e. The Bertz CT molecular complexity index is 1330. The summed E-state index contributed by atoms with van der Waals surface area (Å²) < 4.78 is 10.4. The molecule has 3 aromatic rings. The molecule has 1 amide bonds. The van der Waals surface area contributed by atoms with Gasteiger partial charge in [-0.05, 0) is 90.7 Å². The van der Waals surface area contributed by atoms with Gasteiger partial charge in [0.25, 0.3) is 18.2 Å². The number of carbonyl (C=O) groups is 1. The Morgan fingerprint density at radius 3 is 3.03 bits per heavy atom. The van der Waals surface area contributed by atoms with Crippen LogP contribution < -0.4 is 15.4 Å². The van der Waals surface area contributed by atoms with Crippen LogP contribution in [0.3, 0.4) is 0 Å². The number of rotatable bonds is 8. The highest BCUT2D eigenvalue weighted by molar-refractivity contribution is 7.90. The summed E-state index contributed by atoms with van der Waals surface area (Å²) in [5, 5.41) is 10.8. The molecule has 200 valence electrons. The van der Waals surface area contributed by atoms with Crippen molar-refractivity contribution in [3.05, 3.63) is 75.9 Å². The van der Waals surface area contributed by atoms with E-state index in [1.54, 1.807) is 12.4 Å². The molecule has 9 nitrogen and oxygen atoms in total. The van der Waals surface area contributed by atoms with Gasteiger partial charge in [-0.25, -0.2) is 0 Å². The van der Waals surface area contributed by atoms with Crippen molar-refractivity contribution in [2.75, 3.05) is 0 Å². The average Bonchev–Trinajstić information content (AvgIpc) is 3.50. The molecule has 1 saturated carbocycles. The molecule has 6 rings (SSSR count). The molecule has 0 saturated heterocycles. The van der Waals surface area contributed by atoms with Gasteiger partial charge in [0.2, 0.25) is 0 Å². The van der Waals surface area contributed by atoms with Crippen molar-refractivity contribution in [2.24, 2.45) is 17.7 Å². The first-order valence-electron chi connectivity index (χ1n) is 13.3. The number of carbonyl (C=O) groups excluding carboxylic acids is 1. The second-order valence-corrected chi connectivity index (χ2v) is 11.3. The lowest BCUT2D eigenvalue weighted by Gasteiger charge is -2.49. The van der Waals surface area contributed by atoms with E-state index in [-0.39, 0.29) is 11.3 Å². The van der Waals surface area contributed by atoms with Crippen LogP contribution in [0.15, 0.2) is 36.7 Å². The number of H-pyrrole nitrogens is 1. The maximum absolute atomic E-state index is 13.1. The van der Waals surface area contributed by atoms with Gasteiger partial charge < -0.3 is 9.50 Å². The molecule has 10 heteroatoms. The van der Waals surface area contributed by atoms with Gasteiger partial charge in [0.15, 0.2) is 5.69 Å². The molecule has 38 heavy (non-hydrogen) atoms. The summed E-state index contributed by atoms with van der Waals surface area (Å²) in [6.45, 7) is 4.94. The zero-order chi connectivity index (χ0) is 26.3. The molecule has 2 aromatic heterocycles. The monoisotopic (exact) mass is 535 g/mol. The molecule has 0 aliphatic heterocycles. The van der Waals surface area contributed by atoms with E-state index in [1.165, 1.54) is 11.1 Å². The van der Waals surface area contributed by atoms with Gasteiger partial charge in [0, 0.05) is 35.6 Å². The number of aromatic nitrogens is 3. The van der Waals surface area contributed by atoms with Crippen molar-refractivity contribution in [3.63, 3.8) is 0 Å². The number of hydrogen-bond donors (Lipinski definition) is 3. The van der Waals surface area contributed by atoms with Crippen molar-refractivity contribution in [3.8, 4) is 5.75 Å². The van der Waals surface area contributed by atoms with Crippen LogP contribution in [-0.2, 0) is 40.5 Å². The normalized spacial score (nSPS) is 25.2.